The van der Waals surface area contributed by atoms with Crippen molar-refractivity contribution in [2.75, 3.05) is 31.6 Å². The van der Waals surface area contributed by atoms with Gasteiger partial charge >= 0.3 is 0 Å². The summed E-state index contributed by atoms with van der Waals surface area (Å²) in [6, 6.07) is 16.3. The molecule has 3 aromatic rings. The number of anilines is 1. The maximum absolute atomic E-state index is 14.1. The molecule has 0 spiro atoms. The molecule has 0 aromatic heterocycles. The van der Waals surface area contributed by atoms with Gasteiger partial charge in [0.05, 0.1) is 24.8 Å². The second-order valence-corrected chi connectivity index (χ2v) is 12.7. The van der Waals surface area contributed by atoms with Gasteiger partial charge < -0.3 is 19.7 Å². The van der Waals surface area contributed by atoms with Crippen LogP contribution in [0.2, 0.25) is 10.0 Å². The molecule has 0 unspecified atom stereocenters. The summed E-state index contributed by atoms with van der Waals surface area (Å²) in [6.07, 6.45) is 0. The van der Waals surface area contributed by atoms with Gasteiger partial charge in [0, 0.05) is 29.2 Å². The molecule has 0 bridgehead atoms. The topological polar surface area (TPSA) is 105 Å². The molecule has 0 saturated carbocycles. The number of benzene rings is 3. The number of hydrogen-bond donors (Lipinski definition) is 1. The van der Waals surface area contributed by atoms with Crippen LogP contribution in [0.25, 0.3) is 0 Å². The molecule has 0 aliphatic rings. The number of sulfonamides is 1. The van der Waals surface area contributed by atoms with Crippen LogP contribution in [0.3, 0.4) is 0 Å². The number of carbonyl (C=O) groups excluding carboxylic acids is 2. The summed E-state index contributed by atoms with van der Waals surface area (Å²) in [6.45, 7) is 5.38. The van der Waals surface area contributed by atoms with E-state index in [1.807, 2.05) is 13.8 Å². The lowest BCUT2D eigenvalue weighted by Crippen LogP contribution is -2.51. The Bertz CT molecular complexity index is 1500. The molecule has 1 atom stereocenters. The van der Waals surface area contributed by atoms with Crippen molar-refractivity contribution in [1.82, 2.24) is 10.2 Å². The highest BCUT2D eigenvalue weighted by atomic mass is 35.5. The van der Waals surface area contributed by atoms with Gasteiger partial charge in [-0.2, -0.15) is 0 Å². The Kier molecular flexibility index (Phi) is 11.5. The van der Waals surface area contributed by atoms with Crippen molar-refractivity contribution in [2.24, 2.45) is 5.92 Å². The van der Waals surface area contributed by atoms with E-state index < -0.39 is 28.5 Å². The highest BCUT2D eigenvalue weighted by molar-refractivity contribution is 7.92. The average molecular weight is 637 g/mol. The third-order valence-electron chi connectivity index (χ3n) is 6.43. The lowest BCUT2D eigenvalue weighted by Gasteiger charge is -2.32. The fourth-order valence-electron chi connectivity index (χ4n) is 4.11. The first-order valence-electron chi connectivity index (χ1n) is 13.2. The molecule has 3 aromatic carbocycles. The molecule has 9 nitrogen and oxygen atoms in total. The van der Waals surface area contributed by atoms with Crippen LogP contribution in [0.1, 0.15) is 26.3 Å². The first kappa shape index (κ1) is 33.0. The Morgan fingerprint density at radius 1 is 0.881 bits per heavy atom. The van der Waals surface area contributed by atoms with E-state index in [2.05, 4.69) is 5.32 Å². The number of halogens is 2. The Balaban J connectivity index is 2.05. The van der Waals surface area contributed by atoms with Gasteiger partial charge in [-0.05, 0) is 66.9 Å². The highest BCUT2D eigenvalue weighted by Crippen LogP contribution is 2.32. The van der Waals surface area contributed by atoms with E-state index in [9.17, 15) is 18.0 Å². The first-order valence-corrected chi connectivity index (χ1v) is 15.4. The summed E-state index contributed by atoms with van der Waals surface area (Å²) in [7, 11) is -1.48. The Morgan fingerprint density at radius 2 is 1.55 bits per heavy atom. The number of ether oxygens (including phenoxy) is 2. The number of carbonyl (C=O) groups is 2. The molecule has 3 rings (SSSR count). The van der Waals surface area contributed by atoms with Crippen LogP contribution in [-0.2, 0) is 26.2 Å². The summed E-state index contributed by atoms with van der Waals surface area (Å²) in [5, 5.41) is 3.72. The Hall–Kier alpha value is -3.47. The van der Waals surface area contributed by atoms with E-state index in [1.54, 1.807) is 31.2 Å². The summed E-state index contributed by atoms with van der Waals surface area (Å²) in [4.78, 5) is 28.3. The van der Waals surface area contributed by atoms with Crippen molar-refractivity contribution in [3.8, 4) is 11.5 Å². The molecule has 42 heavy (non-hydrogen) atoms. The fourth-order valence-corrected chi connectivity index (χ4v) is 5.88. The minimum absolute atomic E-state index is 0.0283. The van der Waals surface area contributed by atoms with E-state index in [1.165, 1.54) is 61.6 Å². The van der Waals surface area contributed by atoms with Gasteiger partial charge in [0.1, 0.15) is 12.6 Å². The van der Waals surface area contributed by atoms with Gasteiger partial charge in [0.25, 0.3) is 10.0 Å². The molecule has 12 heteroatoms. The van der Waals surface area contributed by atoms with E-state index in [0.717, 1.165) is 4.31 Å². The SMILES string of the molecule is COc1ccc(S(=O)(=O)N(CC(=O)N(Cc2cccc(Cl)c2)[C@H](C)C(=O)NCC(C)C)c2ccc(Cl)cc2)cc1OC. The highest BCUT2D eigenvalue weighted by Gasteiger charge is 2.33. The Morgan fingerprint density at radius 3 is 2.14 bits per heavy atom. The van der Waals surface area contributed by atoms with Crippen LogP contribution >= 0.6 is 23.2 Å². The van der Waals surface area contributed by atoms with Gasteiger partial charge in [0.2, 0.25) is 11.8 Å². The molecule has 2 amide bonds. The van der Waals surface area contributed by atoms with Crippen molar-refractivity contribution in [2.45, 2.75) is 38.3 Å². The molecule has 0 saturated heterocycles. The number of nitrogens with one attached hydrogen (secondary N) is 1. The normalized spacial score (nSPS) is 12.0. The van der Waals surface area contributed by atoms with Crippen LogP contribution < -0.4 is 19.1 Å². The Labute approximate surface area is 257 Å². The van der Waals surface area contributed by atoms with E-state index >= 15 is 0 Å². The van der Waals surface area contributed by atoms with Gasteiger partial charge in [-0.3, -0.25) is 13.9 Å². The first-order chi connectivity index (χ1) is 19.9. The molecule has 0 aliphatic heterocycles. The van der Waals surface area contributed by atoms with Gasteiger partial charge in [0.15, 0.2) is 11.5 Å². The number of hydrogen-bond acceptors (Lipinski definition) is 6. The predicted octanol–water partition coefficient (Wildman–Crippen LogP) is 5.40. The van der Waals surface area contributed by atoms with Crippen LogP contribution in [0.4, 0.5) is 5.69 Å². The summed E-state index contributed by atoms with van der Waals surface area (Å²) in [5.41, 5.74) is 0.891. The van der Waals surface area contributed by atoms with Crippen molar-refractivity contribution < 1.29 is 27.5 Å². The van der Waals surface area contributed by atoms with E-state index in [4.69, 9.17) is 32.7 Å². The lowest BCUT2D eigenvalue weighted by molar-refractivity contribution is -0.139. The molecule has 0 heterocycles. The van der Waals surface area contributed by atoms with Crippen LogP contribution in [0.5, 0.6) is 11.5 Å². The minimum Gasteiger partial charge on any atom is -0.493 e. The summed E-state index contributed by atoms with van der Waals surface area (Å²) >= 11 is 12.3. The molecular weight excluding hydrogens is 601 g/mol. The lowest BCUT2D eigenvalue weighted by atomic mass is 10.1. The summed E-state index contributed by atoms with van der Waals surface area (Å²) in [5.74, 6) is -0.204. The second kappa shape index (κ2) is 14.6. The molecule has 0 radical (unpaired) electrons. The van der Waals surface area contributed by atoms with Crippen molar-refractivity contribution in [3.63, 3.8) is 0 Å². The second-order valence-electron chi connectivity index (χ2n) is 9.97. The molecule has 0 aliphatic carbocycles. The summed E-state index contributed by atoms with van der Waals surface area (Å²) < 4.78 is 39.7. The van der Waals surface area contributed by atoms with Gasteiger partial charge in [-0.15, -0.1) is 0 Å². The van der Waals surface area contributed by atoms with E-state index in [0.29, 0.717) is 27.9 Å². The minimum atomic E-state index is -4.31. The molecule has 1 N–H and O–H groups in total. The van der Waals surface area contributed by atoms with Crippen molar-refractivity contribution in [3.05, 3.63) is 82.3 Å². The zero-order valence-electron chi connectivity index (χ0n) is 24.1. The number of rotatable bonds is 13. The van der Waals surface area contributed by atoms with Gasteiger partial charge in [-0.25, -0.2) is 8.42 Å². The third-order valence-corrected chi connectivity index (χ3v) is 8.69. The molecule has 0 fully saturated rings. The zero-order chi connectivity index (χ0) is 31.0. The smallest absolute Gasteiger partial charge is 0.264 e. The van der Waals surface area contributed by atoms with Crippen molar-refractivity contribution >= 4 is 50.7 Å². The zero-order valence-corrected chi connectivity index (χ0v) is 26.5. The van der Waals surface area contributed by atoms with E-state index in [-0.39, 0.29) is 34.7 Å². The fraction of sp³-hybridized carbons (Fsp3) is 0.333. The number of methoxy groups -OCH3 is 2. The maximum atomic E-state index is 14.1. The molecule has 226 valence electrons. The van der Waals surface area contributed by atoms with Crippen molar-refractivity contribution in [1.29, 1.82) is 0 Å². The van der Waals surface area contributed by atoms with Crippen LogP contribution in [-0.4, -0.2) is 58.5 Å². The third kappa shape index (κ3) is 8.30. The van der Waals surface area contributed by atoms with Crippen LogP contribution in [0.15, 0.2) is 71.6 Å². The standard InChI is InChI=1S/C30H35Cl2N3O6S/c1-20(2)17-33-30(37)21(3)34(18-22-7-6-8-24(32)15-22)29(36)19-35(25-11-9-23(31)10-12-25)42(38,39)26-13-14-27(40-4)28(16-26)41-5/h6-16,20-21H,17-19H2,1-5H3,(H,33,37)/t21-/m1/s1. The van der Waals surface area contributed by atoms with Gasteiger partial charge in [-0.1, -0.05) is 49.2 Å². The molecular formula is C30H35Cl2N3O6S. The average Bonchev–Trinajstić information content (AvgIpc) is 2.97. The largest absolute Gasteiger partial charge is 0.493 e. The van der Waals surface area contributed by atoms with Crippen LogP contribution in [0, 0.1) is 5.92 Å². The predicted molar refractivity (Wildman–Crippen MR) is 165 cm³/mol. The maximum Gasteiger partial charge on any atom is 0.264 e. The quantitative estimate of drug-likeness (QED) is 0.270. The monoisotopic (exact) mass is 635 g/mol. The number of amides is 2. The number of nitrogens with zero attached hydrogens (tertiary/aromatic N) is 2.